The predicted molar refractivity (Wildman–Crippen MR) is 232 cm³/mol. The number of imidazole rings is 1. The van der Waals surface area contributed by atoms with Gasteiger partial charge < -0.3 is 20.3 Å². The van der Waals surface area contributed by atoms with Crippen molar-refractivity contribution in [3.8, 4) is 5.75 Å². The number of carbonyl (C=O) groups is 1. The zero-order valence-corrected chi connectivity index (χ0v) is 34.3. The number of amides is 1. The summed E-state index contributed by atoms with van der Waals surface area (Å²) in [6.07, 6.45) is 1.03. The number of carbonyl (C=O) groups excluding carboxylic acids is 1. The van der Waals surface area contributed by atoms with Gasteiger partial charge in [0, 0.05) is 36.9 Å². The Morgan fingerprint density at radius 3 is 2.43 bits per heavy atom. The molecule has 4 aromatic heterocycles. The van der Waals surface area contributed by atoms with Crippen molar-refractivity contribution in [1.29, 1.82) is 0 Å². The molecule has 1 aliphatic rings. The number of hydrogen-bond acceptors (Lipinski definition) is 9. The third-order valence-corrected chi connectivity index (χ3v) is 11.5. The Bertz CT molecular complexity index is 2760. The highest BCUT2D eigenvalue weighted by atomic mass is 35.5. The fraction of sp³-hybridized carbons (Fsp3) is 0.222. The number of thiazole rings is 1. The summed E-state index contributed by atoms with van der Waals surface area (Å²) >= 11 is 7.77. The first kappa shape index (κ1) is 40.5. The number of nitrogens with one attached hydrogen (secondary N) is 2. The first-order valence-corrected chi connectivity index (χ1v) is 20.7. The van der Waals surface area contributed by atoms with Crippen molar-refractivity contribution in [1.82, 2.24) is 29.7 Å². The maximum atomic E-state index is 13.0. The van der Waals surface area contributed by atoms with Gasteiger partial charge in [-0.05, 0) is 109 Å². The highest BCUT2D eigenvalue weighted by molar-refractivity contribution is 7.22. The molecular weight excluding hydrogens is 809 g/mol. The molecule has 0 atom stereocenters. The van der Waals surface area contributed by atoms with E-state index in [1.165, 1.54) is 22.4 Å². The Morgan fingerprint density at radius 1 is 0.917 bits per heavy atom. The van der Waals surface area contributed by atoms with E-state index in [9.17, 15) is 18.0 Å². The van der Waals surface area contributed by atoms with Gasteiger partial charge in [0.15, 0.2) is 5.13 Å². The van der Waals surface area contributed by atoms with Crippen LogP contribution in [0.15, 0.2) is 116 Å². The highest BCUT2D eigenvalue weighted by Gasteiger charge is 2.31. The van der Waals surface area contributed by atoms with Gasteiger partial charge in [0.25, 0.3) is 5.91 Å². The molecule has 0 saturated carbocycles. The number of benzene rings is 4. The van der Waals surface area contributed by atoms with E-state index in [1.807, 2.05) is 49.4 Å². The van der Waals surface area contributed by atoms with Gasteiger partial charge in [-0.3, -0.25) is 9.20 Å². The monoisotopic (exact) mass is 848 g/mol. The van der Waals surface area contributed by atoms with Crippen LogP contribution in [0.2, 0.25) is 5.02 Å². The van der Waals surface area contributed by atoms with Crippen LogP contribution in [0.4, 0.5) is 29.8 Å². The minimum Gasteiger partial charge on any atom is -0.406 e. The SMILES string of the molecule is CCc1nc2ccc(Cl)cn2c1C(=O)NCc1ccc(N2CCC(c3ccc(OC(F)(F)F)cc3)CC2)cc1.Cc1ccc2nc(Nc3ncnc4ccccc34)sc2c1. The van der Waals surface area contributed by atoms with Crippen molar-refractivity contribution >= 4 is 72.2 Å². The molecule has 0 bridgehead atoms. The summed E-state index contributed by atoms with van der Waals surface area (Å²) in [5.74, 6) is 0.675. The van der Waals surface area contributed by atoms with Gasteiger partial charge in [-0.15, -0.1) is 13.2 Å². The quantitative estimate of drug-likeness (QED) is 0.148. The molecule has 8 aromatic rings. The highest BCUT2D eigenvalue weighted by Crippen LogP contribution is 2.33. The van der Waals surface area contributed by atoms with Crippen molar-refractivity contribution in [3.05, 3.63) is 149 Å². The van der Waals surface area contributed by atoms with E-state index in [0.29, 0.717) is 29.3 Å². The number of aryl methyl sites for hydroxylation is 2. The Kier molecular flexibility index (Phi) is 11.8. The predicted octanol–water partition coefficient (Wildman–Crippen LogP) is 11.1. The van der Waals surface area contributed by atoms with E-state index < -0.39 is 6.36 Å². The first-order valence-electron chi connectivity index (χ1n) is 19.5. The zero-order valence-electron chi connectivity index (χ0n) is 32.7. The van der Waals surface area contributed by atoms with Crippen molar-refractivity contribution in [3.63, 3.8) is 0 Å². The normalized spacial score (nSPS) is 13.3. The number of alkyl halides is 3. The third kappa shape index (κ3) is 9.45. The third-order valence-electron chi connectivity index (χ3n) is 10.4. The molecule has 306 valence electrons. The van der Waals surface area contributed by atoms with E-state index in [4.69, 9.17) is 11.6 Å². The summed E-state index contributed by atoms with van der Waals surface area (Å²) in [4.78, 5) is 33.1. The molecule has 5 heterocycles. The second-order valence-corrected chi connectivity index (χ2v) is 15.9. The lowest BCUT2D eigenvalue weighted by Crippen LogP contribution is -2.32. The number of pyridine rings is 1. The van der Waals surface area contributed by atoms with Crippen LogP contribution in [0.1, 0.15) is 58.6 Å². The zero-order chi connectivity index (χ0) is 41.8. The molecule has 1 saturated heterocycles. The van der Waals surface area contributed by atoms with Crippen molar-refractivity contribution in [2.45, 2.75) is 51.9 Å². The summed E-state index contributed by atoms with van der Waals surface area (Å²) in [6.45, 7) is 6.12. The van der Waals surface area contributed by atoms with Crippen LogP contribution in [0.5, 0.6) is 5.75 Å². The van der Waals surface area contributed by atoms with Crippen LogP contribution < -0.4 is 20.3 Å². The second kappa shape index (κ2) is 17.5. The molecular formula is C45H40ClF3N8O2S. The van der Waals surface area contributed by atoms with E-state index >= 15 is 0 Å². The first-order chi connectivity index (χ1) is 29.0. The number of rotatable bonds is 9. The average Bonchev–Trinajstić information content (AvgIpc) is 3.83. The summed E-state index contributed by atoms with van der Waals surface area (Å²) in [7, 11) is 0. The summed E-state index contributed by atoms with van der Waals surface area (Å²) in [6, 6.07) is 32.1. The number of aromatic nitrogens is 5. The molecule has 0 aliphatic carbocycles. The van der Waals surface area contributed by atoms with E-state index in [0.717, 1.165) is 75.8 Å². The average molecular weight is 849 g/mol. The van der Waals surface area contributed by atoms with Crippen molar-refractivity contribution in [2.24, 2.45) is 0 Å². The molecule has 1 fully saturated rings. The van der Waals surface area contributed by atoms with Crippen LogP contribution in [0.25, 0.3) is 26.8 Å². The lowest BCUT2D eigenvalue weighted by molar-refractivity contribution is -0.274. The Balaban J connectivity index is 0.000000198. The Hall–Kier alpha value is -6.25. The van der Waals surface area contributed by atoms with Gasteiger partial charge in [-0.1, -0.05) is 72.3 Å². The Morgan fingerprint density at radius 2 is 1.68 bits per heavy atom. The summed E-state index contributed by atoms with van der Waals surface area (Å²) in [5.41, 5.74) is 8.17. The van der Waals surface area contributed by atoms with E-state index in [1.54, 1.807) is 52.5 Å². The van der Waals surface area contributed by atoms with Gasteiger partial charge in [-0.25, -0.2) is 19.9 Å². The van der Waals surface area contributed by atoms with Gasteiger partial charge in [0.05, 0.1) is 26.4 Å². The van der Waals surface area contributed by atoms with Gasteiger partial charge in [-0.2, -0.15) is 0 Å². The van der Waals surface area contributed by atoms with E-state index in [2.05, 4.69) is 71.4 Å². The van der Waals surface area contributed by atoms with Crippen LogP contribution in [-0.2, 0) is 13.0 Å². The molecule has 0 unspecified atom stereocenters. The minimum absolute atomic E-state index is 0.200. The Labute approximate surface area is 353 Å². The van der Waals surface area contributed by atoms with Crippen molar-refractivity contribution in [2.75, 3.05) is 23.3 Å². The smallest absolute Gasteiger partial charge is 0.406 e. The molecule has 1 aliphatic heterocycles. The molecule has 60 heavy (non-hydrogen) atoms. The van der Waals surface area contributed by atoms with Crippen molar-refractivity contribution < 1.29 is 22.7 Å². The van der Waals surface area contributed by atoms with E-state index in [-0.39, 0.29) is 17.6 Å². The molecule has 1 amide bonds. The number of anilines is 3. The van der Waals surface area contributed by atoms with Gasteiger partial charge in [0.1, 0.15) is 29.2 Å². The minimum atomic E-state index is -4.68. The number of ether oxygens (including phenoxy) is 1. The molecule has 2 N–H and O–H groups in total. The summed E-state index contributed by atoms with van der Waals surface area (Å²) < 4.78 is 44.1. The van der Waals surface area contributed by atoms with Gasteiger partial charge >= 0.3 is 6.36 Å². The number of fused-ring (bicyclic) bond motifs is 3. The molecule has 9 rings (SSSR count). The summed E-state index contributed by atoms with van der Waals surface area (Å²) in [5, 5.41) is 8.69. The fourth-order valence-electron chi connectivity index (χ4n) is 7.35. The largest absolute Gasteiger partial charge is 0.573 e. The topological polar surface area (TPSA) is 110 Å². The number of hydrogen-bond donors (Lipinski definition) is 2. The van der Waals surface area contributed by atoms with Crippen LogP contribution >= 0.6 is 22.9 Å². The lowest BCUT2D eigenvalue weighted by atomic mass is 9.89. The fourth-order valence-corrected chi connectivity index (χ4v) is 8.47. The lowest BCUT2D eigenvalue weighted by Gasteiger charge is -2.34. The van der Waals surface area contributed by atoms with Crippen LogP contribution in [-0.4, -0.2) is 49.7 Å². The molecule has 4 aromatic carbocycles. The molecule has 15 heteroatoms. The standard InChI is InChI=1S/C29H28ClF3N4O2.C16H12N4S/c1-2-25-27(37-18-22(30)7-12-26(37)35-25)28(38)34-17-19-3-8-23(9-4-19)36-15-13-21(14-16-36)20-5-10-24(11-6-20)39-29(31,32)33;1-10-6-7-13-14(8-10)21-16(19-13)20-15-11-4-2-3-5-12(11)17-9-18-15/h3-12,18,21H,2,13-17H2,1H3,(H,34,38);2-9H,1H3,(H,17,18,19,20). The number of halogens is 4. The van der Waals surface area contributed by atoms with Crippen LogP contribution in [0.3, 0.4) is 0 Å². The van der Waals surface area contributed by atoms with Gasteiger partial charge in [0.2, 0.25) is 0 Å². The second-order valence-electron chi connectivity index (χ2n) is 14.4. The number of para-hydroxylation sites is 1. The molecule has 10 nitrogen and oxygen atoms in total. The molecule has 0 radical (unpaired) electrons. The van der Waals surface area contributed by atoms with Crippen LogP contribution in [0, 0.1) is 6.92 Å². The number of nitrogens with zero attached hydrogens (tertiary/aromatic N) is 6. The molecule has 0 spiro atoms. The maximum Gasteiger partial charge on any atom is 0.573 e. The maximum absolute atomic E-state index is 13.0. The number of piperidine rings is 1.